The second-order valence-corrected chi connectivity index (χ2v) is 10.0. The third-order valence-corrected chi connectivity index (χ3v) is 6.89. The van der Waals surface area contributed by atoms with Gasteiger partial charge in [-0.1, -0.05) is 18.2 Å². The molecule has 0 heterocycles. The smallest absolute Gasteiger partial charge is 0.272 e. The van der Waals surface area contributed by atoms with Gasteiger partial charge in [-0.15, -0.1) is 11.8 Å². The Morgan fingerprint density at radius 3 is 1.98 bits per heavy atom. The topological polar surface area (TPSA) is 174 Å². The lowest BCUT2D eigenvalue weighted by Crippen LogP contribution is -2.30. The van der Waals surface area contributed by atoms with Crippen molar-refractivity contribution in [2.75, 3.05) is 16.4 Å². The zero-order valence-electron chi connectivity index (χ0n) is 22.5. The van der Waals surface area contributed by atoms with Crippen molar-refractivity contribution in [2.45, 2.75) is 4.90 Å². The van der Waals surface area contributed by atoms with Crippen LogP contribution < -0.4 is 21.7 Å². The van der Waals surface area contributed by atoms with Gasteiger partial charge in [0.15, 0.2) is 0 Å². The number of carbonyl (C=O) groups excluding carboxylic acids is 4. The maximum atomic E-state index is 13.2. The van der Waals surface area contributed by atoms with Gasteiger partial charge in [-0.2, -0.15) is 0 Å². The van der Waals surface area contributed by atoms with Gasteiger partial charge in [-0.3, -0.25) is 29.3 Å². The number of carbonyl (C=O) groups is 4. The van der Waals surface area contributed by atoms with Crippen molar-refractivity contribution in [2.24, 2.45) is 5.73 Å². The minimum Gasteiger partial charge on any atom is -0.366 e. The number of nitrogens with zero attached hydrogens (tertiary/aromatic N) is 1. The first-order valence-corrected chi connectivity index (χ1v) is 13.7. The first kappa shape index (κ1) is 30.2. The second kappa shape index (κ2) is 14.2. The quantitative estimate of drug-likeness (QED) is 0.0831. The van der Waals surface area contributed by atoms with Crippen molar-refractivity contribution in [3.05, 3.63) is 136 Å². The predicted octanol–water partition coefficient (Wildman–Crippen LogP) is 4.83. The van der Waals surface area contributed by atoms with Crippen LogP contribution in [0.15, 0.2) is 114 Å². The highest BCUT2D eigenvalue weighted by Crippen LogP contribution is 2.22. The van der Waals surface area contributed by atoms with E-state index in [2.05, 4.69) is 16.0 Å². The molecule has 0 saturated carbocycles. The molecule has 0 aromatic heterocycles. The maximum absolute atomic E-state index is 13.2. The number of primary amides is 1. The summed E-state index contributed by atoms with van der Waals surface area (Å²) in [6, 6.07) is 26.9. The van der Waals surface area contributed by atoms with Gasteiger partial charge in [0.05, 0.1) is 10.7 Å². The standard InChI is InChI=1S/C31H25N5O6S/c32-29(38)21-8-10-23(11-9-21)33-28(37)19-43-26-16-12-24(13-17-26)34-31(40)27(35-30(39)22-4-2-1-3-5-22)18-20-6-14-25(15-7-20)36(41)42/h1-18H,19H2,(H2,32,38)(H,33,37)(H,34,40)(H,35,39)/b27-18-. The minimum atomic E-state index is -0.607. The molecule has 43 heavy (non-hydrogen) atoms. The molecule has 4 amide bonds. The molecule has 0 saturated heterocycles. The van der Waals surface area contributed by atoms with Crippen molar-refractivity contribution in [3.63, 3.8) is 0 Å². The first-order chi connectivity index (χ1) is 20.7. The Hall–Kier alpha value is -5.75. The van der Waals surface area contributed by atoms with Gasteiger partial charge in [-0.25, -0.2) is 0 Å². The van der Waals surface area contributed by atoms with Gasteiger partial charge < -0.3 is 21.7 Å². The molecule has 0 aliphatic rings. The Balaban J connectivity index is 1.40. The van der Waals surface area contributed by atoms with Gasteiger partial charge in [0.2, 0.25) is 11.8 Å². The summed E-state index contributed by atoms with van der Waals surface area (Å²) in [5.74, 6) is -1.79. The van der Waals surface area contributed by atoms with Crippen LogP contribution in [0, 0.1) is 10.1 Å². The fourth-order valence-electron chi connectivity index (χ4n) is 3.70. The van der Waals surface area contributed by atoms with Crippen LogP contribution in [-0.4, -0.2) is 34.3 Å². The Morgan fingerprint density at radius 2 is 1.37 bits per heavy atom. The molecule has 4 rings (SSSR count). The Labute approximate surface area is 250 Å². The van der Waals surface area contributed by atoms with E-state index in [0.29, 0.717) is 28.1 Å². The molecule has 5 N–H and O–H groups in total. The van der Waals surface area contributed by atoms with E-state index in [9.17, 15) is 29.3 Å². The van der Waals surface area contributed by atoms with Crippen molar-refractivity contribution >= 4 is 58.5 Å². The number of hydrogen-bond donors (Lipinski definition) is 4. The molecule has 4 aromatic carbocycles. The molecule has 0 fully saturated rings. The lowest BCUT2D eigenvalue weighted by molar-refractivity contribution is -0.384. The van der Waals surface area contributed by atoms with Gasteiger partial charge in [0, 0.05) is 39.5 Å². The van der Waals surface area contributed by atoms with E-state index in [0.717, 1.165) is 4.90 Å². The number of anilines is 2. The molecular formula is C31H25N5O6S. The number of nitrogens with two attached hydrogens (primary N) is 1. The number of thioether (sulfide) groups is 1. The van der Waals surface area contributed by atoms with Crippen LogP contribution in [0.4, 0.5) is 17.1 Å². The number of non-ortho nitro benzene ring substituents is 1. The lowest BCUT2D eigenvalue weighted by Gasteiger charge is -2.12. The van der Waals surface area contributed by atoms with Crippen molar-refractivity contribution in [3.8, 4) is 0 Å². The molecule has 11 nitrogen and oxygen atoms in total. The van der Waals surface area contributed by atoms with E-state index in [-0.39, 0.29) is 23.0 Å². The fraction of sp³-hybridized carbons (Fsp3) is 0.0323. The van der Waals surface area contributed by atoms with Crippen LogP contribution in [0.3, 0.4) is 0 Å². The van der Waals surface area contributed by atoms with Gasteiger partial charge in [0.25, 0.3) is 17.5 Å². The number of benzene rings is 4. The molecule has 0 atom stereocenters. The molecule has 12 heteroatoms. The largest absolute Gasteiger partial charge is 0.366 e. The Bertz CT molecular complexity index is 1670. The zero-order valence-corrected chi connectivity index (χ0v) is 23.3. The maximum Gasteiger partial charge on any atom is 0.272 e. The van der Waals surface area contributed by atoms with Crippen molar-refractivity contribution < 1.29 is 24.1 Å². The molecule has 0 aliphatic heterocycles. The zero-order chi connectivity index (χ0) is 30.8. The van der Waals surface area contributed by atoms with E-state index in [1.165, 1.54) is 54.2 Å². The summed E-state index contributed by atoms with van der Waals surface area (Å²) < 4.78 is 0. The van der Waals surface area contributed by atoms with Crippen molar-refractivity contribution in [1.29, 1.82) is 0 Å². The van der Waals surface area contributed by atoms with Gasteiger partial charge in [0.1, 0.15) is 5.70 Å². The number of nitro benzene ring substituents is 1. The average Bonchev–Trinajstić information content (AvgIpc) is 3.01. The third kappa shape index (κ3) is 8.87. The van der Waals surface area contributed by atoms with Crippen LogP contribution in [0.5, 0.6) is 0 Å². The van der Waals surface area contributed by atoms with Crippen LogP contribution in [0.1, 0.15) is 26.3 Å². The summed E-state index contributed by atoms with van der Waals surface area (Å²) in [6.45, 7) is 0. The molecular weight excluding hydrogens is 570 g/mol. The fourth-order valence-corrected chi connectivity index (χ4v) is 4.40. The van der Waals surface area contributed by atoms with E-state index >= 15 is 0 Å². The van der Waals surface area contributed by atoms with Crippen LogP contribution >= 0.6 is 11.8 Å². The van der Waals surface area contributed by atoms with Crippen LogP contribution in [-0.2, 0) is 9.59 Å². The summed E-state index contributed by atoms with van der Waals surface area (Å²) in [5.41, 5.74) is 7.18. The van der Waals surface area contributed by atoms with Crippen LogP contribution in [0.2, 0.25) is 0 Å². The van der Waals surface area contributed by atoms with Crippen molar-refractivity contribution in [1.82, 2.24) is 5.32 Å². The summed E-state index contributed by atoms with van der Waals surface area (Å²) in [4.78, 5) is 60.7. The highest BCUT2D eigenvalue weighted by molar-refractivity contribution is 8.00. The summed E-state index contributed by atoms with van der Waals surface area (Å²) in [5, 5.41) is 19.1. The summed E-state index contributed by atoms with van der Waals surface area (Å²) in [6.07, 6.45) is 1.42. The normalized spacial score (nSPS) is 10.8. The SMILES string of the molecule is NC(=O)c1ccc(NC(=O)CSc2ccc(NC(=O)/C(=C/c3ccc([N+](=O)[O-])cc3)NC(=O)c3ccccc3)cc2)cc1. The van der Waals surface area contributed by atoms with E-state index in [1.54, 1.807) is 66.7 Å². The third-order valence-electron chi connectivity index (χ3n) is 5.88. The molecule has 4 aromatic rings. The van der Waals surface area contributed by atoms with Gasteiger partial charge in [-0.05, 0) is 84.4 Å². The molecule has 0 bridgehead atoms. The number of amides is 4. The average molecular weight is 596 g/mol. The lowest BCUT2D eigenvalue weighted by atomic mass is 10.1. The highest BCUT2D eigenvalue weighted by atomic mass is 32.2. The molecule has 0 unspecified atom stereocenters. The molecule has 0 spiro atoms. The summed E-state index contributed by atoms with van der Waals surface area (Å²) in [7, 11) is 0. The highest BCUT2D eigenvalue weighted by Gasteiger charge is 2.16. The molecule has 216 valence electrons. The minimum absolute atomic E-state index is 0.0679. The first-order valence-electron chi connectivity index (χ1n) is 12.7. The van der Waals surface area contributed by atoms with Crippen LogP contribution in [0.25, 0.3) is 6.08 Å². The van der Waals surface area contributed by atoms with E-state index < -0.39 is 22.6 Å². The number of rotatable bonds is 11. The summed E-state index contributed by atoms with van der Waals surface area (Å²) >= 11 is 1.29. The monoisotopic (exact) mass is 595 g/mol. The van der Waals surface area contributed by atoms with E-state index in [4.69, 9.17) is 5.73 Å². The molecule has 0 aliphatic carbocycles. The molecule has 0 radical (unpaired) electrons. The Kier molecular flexibility index (Phi) is 10.0. The number of nitrogens with one attached hydrogen (secondary N) is 3. The van der Waals surface area contributed by atoms with E-state index in [1.807, 2.05) is 0 Å². The van der Waals surface area contributed by atoms with Gasteiger partial charge >= 0.3 is 0 Å². The number of hydrogen-bond acceptors (Lipinski definition) is 7. The Morgan fingerprint density at radius 1 is 0.767 bits per heavy atom. The number of nitro groups is 1. The second-order valence-electron chi connectivity index (χ2n) is 8.98. The predicted molar refractivity (Wildman–Crippen MR) is 164 cm³/mol.